The van der Waals surface area contributed by atoms with Crippen LogP contribution in [0.4, 0.5) is 5.82 Å². The molecule has 0 atom stereocenters. The highest BCUT2D eigenvalue weighted by molar-refractivity contribution is 7.94. The zero-order valence-corrected chi connectivity index (χ0v) is 19.4. The Morgan fingerprint density at radius 3 is 2.53 bits per heavy atom. The minimum atomic E-state index is -3.77. The van der Waals surface area contributed by atoms with Crippen LogP contribution in [0, 0.1) is 0 Å². The Kier molecular flexibility index (Phi) is 6.17. The summed E-state index contributed by atoms with van der Waals surface area (Å²) in [5, 5.41) is 0.439. The standard InChI is InChI=1S/C21H14Cl2N2O5S2/c22-14-2-3-16-13(8-14)9-19(27)25(21(16)28)18-5-1-12(10-24-18)7-15(26)11-32(29,30)20-6-4-17(23)31-20/h1-6,8,10H,7,9,11H2. The number of thiophene rings is 1. The molecule has 0 aliphatic carbocycles. The van der Waals surface area contributed by atoms with Crippen molar-refractivity contribution in [3.63, 3.8) is 0 Å². The van der Waals surface area contributed by atoms with Crippen LogP contribution in [-0.2, 0) is 32.3 Å². The first-order chi connectivity index (χ1) is 15.1. The molecule has 2 amide bonds. The molecule has 0 N–H and O–H groups in total. The molecule has 1 aliphatic rings. The molecule has 1 aromatic carbocycles. The van der Waals surface area contributed by atoms with E-state index in [-0.39, 0.29) is 22.9 Å². The van der Waals surface area contributed by atoms with Gasteiger partial charge in [0.1, 0.15) is 15.8 Å². The van der Waals surface area contributed by atoms with Crippen LogP contribution in [0.25, 0.3) is 0 Å². The van der Waals surface area contributed by atoms with Crippen LogP contribution in [0.15, 0.2) is 52.9 Å². The molecule has 0 saturated carbocycles. The Morgan fingerprint density at radius 1 is 1.09 bits per heavy atom. The summed E-state index contributed by atoms with van der Waals surface area (Å²) in [5.74, 6) is -2.00. The lowest BCUT2D eigenvalue weighted by Gasteiger charge is -2.26. The van der Waals surface area contributed by atoms with E-state index in [2.05, 4.69) is 4.98 Å². The molecule has 3 heterocycles. The van der Waals surface area contributed by atoms with Gasteiger partial charge in [-0.05, 0) is 47.5 Å². The molecule has 11 heteroatoms. The molecule has 4 rings (SSSR count). The summed E-state index contributed by atoms with van der Waals surface area (Å²) in [6.07, 6.45) is 1.20. The number of rotatable bonds is 6. The SMILES string of the molecule is O=C(Cc1ccc(N2C(=O)Cc3cc(Cl)ccc3C2=O)nc1)CS(=O)(=O)c1ccc(Cl)s1. The van der Waals surface area contributed by atoms with Gasteiger partial charge in [0.25, 0.3) is 5.91 Å². The van der Waals surface area contributed by atoms with E-state index in [1.807, 2.05) is 0 Å². The van der Waals surface area contributed by atoms with E-state index in [0.29, 0.717) is 26.0 Å². The molecule has 7 nitrogen and oxygen atoms in total. The van der Waals surface area contributed by atoms with Crippen LogP contribution >= 0.6 is 34.5 Å². The lowest BCUT2D eigenvalue weighted by atomic mass is 9.98. The number of amides is 2. The number of ketones is 1. The average Bonchev–Trinajstić information content (AvgIpc) is 3.16. The predicted octanol–water partition coefficient (Wildman–Crippen LogP) is 3.76. The molecule has 0 spiro atoms. The molecule has 0 fully saturated rings. The number of hydrogen-bond donors (Lipinski definition) is 0. The first kappa shape index (κ1) is 22.6. The zero-order valence-electron chi connectivity index (χ0n) is 16.2. The number of sulfone groups is 1. The minimum Gasteiger partial charge on any atom is -0.298 e. The Bertz CT molecular complexity index is 1350. The fourth-order valence-electron chi connectivity index (χ4n) is 3.30. The van der Waals surface area contributed by atoms with Crippen molar-refractivity contribution in [3.8, 4) is 0 Å². The Hall–Kier alpha value is -2.59. The van der Waals surface area contributed by atoms with E-state index in [4.69, 9.17) is 23.2 Å². The van der Waals surface area contributed by atoms with Gasteiger partial charge < -0.3 is 0 Å². The normalized spacial score (nSPS) is 13.9. The van der Waals surface area contributed by atoms with Gasteiger partial charge in [-0.2, -0.15) is 0 Å². The highest BCUT2D eigenvalue weighted by Crippen LogP contribution is 2.28. The largest absolute Gasteiger partial charge is 0.298 e. The van der Waals surface area contributed by atoms with Crippen molar-refractivity contribution in [1.82, 2.24) is 4.98 Å². The maximum absolute atomic E-state index is 12.8. The smallest absolute Gasteiger partial charge is 0.266 e. The number of halogens is 2. The second-order valence-corrected chi connectivity index (χ2v) is 11.4. The van der Waals surface area contributed by atoms with Crippen LogP contribution in [0.3, 0.4) is 0 Å². The number of pyridine rings is 1. The fraction of sp³-hybridized carbons (Fsp3) is 0.143. The van der Waals surface area contributed by atoms with Crippen molar-refractivity contribution in [2.75, 3.05) is 10.7 Å². The van der Waals surface area contributed by atoms with Crippen molar-refractivity contribution < 1.29 is 22.8 Å². The van der Waals surface area contributed by atoms with Crippen LogP contribution in [0.1, 0.15) is 21.5 Å². The minimum absolute atomic E-state index is 0.00808. The van der Waals surface area contributed by atoms with E-state index >= 15 is 0 Å². The van der Waals surface area contributed by atoms with Gasteiger partial charge in [0.2, 0.25) is 5.91 Å². The van der Waals surface area contributed by atoms with E-state index in [1.54, 1.807) is 18.2 Å². The first-order valence-corrected chi connectivity index (χ1v) is 12.5. The summed E-state index contributed by atoms with van der Waals surface area (Å²) in [4.78, 5) is 42.7. The number of Topliss-reactive ketones (excluding diaryl/α,β-unsaturated/α-hetero) is 1. The van der Waals surface area contributed by atoms with Gasteiger partial charge in [-0.3, -0.25) is 14.4 Å². The van der Waals surface area contributed by atoms with Crippen molar-refractivity contribution in [1.29, 1.82) is 0 Å². The van der Waals surface area contributed by atoms with Crippen LogP contribution in [0.5, 0.6) is 0 Å². The number of carbonyl (C=O) groups is 3. The summed E-state index contributed by atoms with van der Waals surface area (Å²) in [7, 11) is -3.77. The quantitative estimate of drug-likeness (QED) is 0.469. The molecule has 0 saturated heterocycles. The Morgan fingerprint density at radius 2 is 1.88 bits per heavy atom. The van der Waals surface area contributed by atoms with Crippen LogP contribution in [-0.4, -0.2) is 36.8 Å². The summed E-state index contributed by atoms with van der Waals surface area (Å²) in [6.45, 7) is 0. The number of imide groups is 1. The van der Waals surface area contributed by atoms with Crippen LogP contribution in [0.2, 0.25) is 9.36 Å². The van der Waals surface area contributed by atoms with Gasteiger partial charge in [0.15, 0.2) is 15.6 Å². The third kappa shape index (κ3) is 4.61. The molecule has 2 aromatic heterocycles. The van der Waals surface area contributed by atoms with Gasteiger partial charge in [0, 0.05) is 23.2 Å². The van der Waals surface area contributed by atoms with E-state index in [9.17, 15) is 22.8 Å². The van der Waals surface area contributed by atoms with E-state index in [0.717, 1.165) is 16.2 Å². The lowest BCUT2D eigenvalue weighted by Crippen LogP contribution is -2.43. The highest BCUT2D eigenvalue weighted by Gasteiger charge is 2.33. The zero-order chi connectivity index (χ0) is 23.0. The number of carbonyl (C=O) groups excluding carboxylic acids is 3. The van der Waals surface area contributed by atoms with Crippen LogP contribution < -0.4 is 4.90 Å². The van der Waals surface area contributed by atoms with Crippen molar-refractivity contribution in [2.24, 2.45) is 0 Å². The number of fused-ring (bicyclic) bond motifs is 1. The third-order valence-corrected chi connectivity index (χ3v) is 8.46. The number of aromatic nitrogens is 1. The lowest BCUT2D eigenvalue weighted by molar-refractivity contribution is -0.118. The second kappa shape index (κ2) is 8.74. The fourth-order valence-corrected chi connectivity index (χ4v) is 6.31. The van der Waals surface area contributed by atoms with Gasteiger partial charge in [-0.15, -0.1) is 11.3 Å². The maximum atomic E-state index is 12.8. The number of benzene rings is 1. The molecular formula is C21H14Cl2N2O5S2. The van der Waals surface area contributed by atoms with Crippen molar-refractivity contribution in [3.05, 3.63) is 74.7 Å². The molecule has 32 heavy (non-hydrogen) atoms. The monoisotopic (exact) mass is 508 g/mol. The van der Waals surface area contributed by atoms with Gasteiger partial charge in [0.05, 0.1) is 10.8 Å². The Balaban J connectivity index is 1.47. The number of hydrogen-bond acceptors (Lipinski definition) is 7. The van der Waals surface area contributed by atoms with Gasteiger partial charge in [-0.25, -0.2) is 18.3 Å². The predicted molar refractivity (Wildman–Crippen MR) is 121 cm³/mol. The molecule has 1 aliphatic heterocycles. The van der Waals surface area contributed by atoms with Crippen molar-refractivity contribution >= 4 is 67.8 Å². The topological polar surface area (TPSA) is 101 Å². The molecule has 0 bridgehead atoms. The number of anilines is 1. The summed E-state index contributed by atoms with van der Waals surface area (Å²) >= 11 is 12.6. The molecule has 0 radical (unpaired) electrons. The molecular weight excluding hydrogens is 495 g/mol. The molecule has 3 aromatic rings. The number of nitrogens with zero attached hydrogens (tertiary/aromatic N) is 2. The van der Waals surface area contributed by atoms with E-state index < -0.39 is 33.2 Å². The maximum Gasteiger partial charge on any atom is 0.266 e. The summed E-state index contributed by atoms with van der Waals surface area (Å²) < 4.78 is 25.0. The first-order valence-electron chi connectivity index (χ1n) is 9.24. The second-order valence-electron chi connectivity index (χ2n) is 7.07. The van der Waals surface area contributed by atoms with Crippen molar-refractivity contribution in [2.45, 2.75) is 17.1 Å². The highest BCUT2D eigenvalue weighted by atomic mass is 35.5. The van der Waals surface area contributed by atoms with Gasteiger partial charge >= 0.3 is 0 Å². The van der Waals surface area contributed by atoms with Gasteiger partial charge in [-0.1, -0.05) is 29.3 Å². The summed E-state index contributed by atoms with van der Waals surface area (Å²) in [5.41, 5.74) is 1.38. The third-order valence-electron chi connectivity index (χ3n) is 4.74. The summed E-state index contributed by atoms with van der Waals surface area (Å²) in [6, 6.07) is 10.5. The Labute approximate surface area is 197 Å². The molecule has 164 valence electrons. The molecule has 0 unspecified atom stereocenters. The van der Waals surface area contributed by atoms with E-state index in [1.165, 1.54) is 30.5 Å². The average molecular weight is 509 g/mol.